The number of nitrogens with zero attached hydrogens (tertiary/aromatic N) is 3. The van der Waals surface area contributed by atoms with Crippen molar-refractivity contribution in [2.75, 3.05) is 0 Å². The van der Waals surface area contributed by atoms with Crippen LogP contribution >= 0.6 is 0 Å². The van der Waals surface area contributed by atoms with Crippen LogP contribution in [0.2, 0.25) is 0 Å². The highest BCUT2D eigenvalue weighted by Crippen LogP contribution is 2.34. The molecule has 0 bridgehead atoms. The summed E-state index contributed by atoms with van der Waals surface area (Å²) in [6.45, 7) is 2.21. The third-order valence-corrected chi connectivity index (χ3v) is 6.06. The van der Waals surface area contributed by atoms with Gasteiger partial charge >= 0.3 is 0 Å². The van der Waals surface area contributed by atoms with Crippen molar-refractivity contribution in [3.63, 3.8) is 0 Å². The Morgan fingerprint density at radius 3 is 2.61 bits per heavy atom. The molecule has 0 unspecified atom stereocenters. The number of terminal acetylenes is 1. The fourth-order valence-corrected chi connectivity index (χ4v) is 4.35. The van der Waals surface area contributed by atoms with Crippen molar-refractivity contribution in [2.24, 2.45) is 7.05 Å². The minimum atomic E-state index is 0.871. The summed E-state index contributed by atoms with van der Waals surface area (Å²) in [5.74, 6) is 2.69. The van der Waals surface area contributed by atoms with Crippen LogP contribution in [0.25, 0.3) is 33.1 Å². The van der Waals surface area contributed by atoms with Crippen LogP contribution in [0.3, 0.4) is 0 Å². The summed E-state index contributed by atoms with van der Waals surface area (Å²) in [7, 11) is 1.97. The van der Waals surface area contributed by atoms with Crippen molar-refractivity contribution in [2.45, 2.75) is 26.2 Å². The minimum Gasteiger partial charge on any atom is -0.367 e. The van der Waals surface area contributed by atoms with Crippen LogP contribution in [0, 0.1) is 12.3 Å². The quantitative estimate of drug-likeness (QED) is 0.396. The Bertz CT molecular complexity index is 1410. The highest BCUT2D eigenvalue weighted by Gasteiger charge is 2.16. The standard InChI is InChI=1S/C27H24N4/c1-4-18-6-9-21(10-7-18)27-26-23-14-22(11-8-19-12-13-28-16-19)20(5-2)15-24(23)29-17-25(26)31(3)30-27/h1,6-7,9-10,12-17,28H,5,8,11H2,2-3H3. The van der Waals surface area contributed by atoms with Crippen molar-refractivity contribution >= 4 is 21.8 Å². The summed E-state index contributed by atoms with van der Waals surface area (Å²) in [5, 5.41) is 7.15. The number of aryl methyl sites for hydroxylation is 4. The Morgan fingerprint density at radius 2 is 1.90 bits per heavy atom. The van der Waals surface area contributed by atoms with E-state index in [0.29, 0.717) is 0 Å². The van der Waals surface area contributed by atoms with Gasteiger partial charge < -0.3 is 4.98 Å². The fourth-order valence-electron chi connectivity index (χ4n) is 4.35. The van der Waals surface area contributed by atoms with E-state index >= 15 is 0 Å². The van der Waals surface area contributed by atoms with Gasteiger partial charge in [-0.05, 0) is 66.3 Å². The molecule has 0 aliphatic rings. The molecule has 0 radical (unpaired) electrons. The highest BCUT2D eigenvalue weighted by molar-refractivity contribution is 6.11. The average Bonchev–Trinajstić information content (AvgIpc) is 3.45. The van der Waals surface area contributed by atoms with Crippen molar-refractivity contribution < 1.29 is 0 Å². The van der Waals surface area contributed by atoms with Gasteiger partial charge in [0, 0.05) is 41.3 Å². The summed E-state index contributed by atoms with van der Waals surface area (Å²) in [4.78, 5) is 7.92. The minimum absolute atomic E-state index is 0.871. The molecule has 0 aliphatic carbocycles. The smallest absolute Gasteiger partial charge is 0.101 e. The first-order valence-electron chi connectivity index (χ1n) is 10.6. The third-order valence-electron chi connectivity index (χ3n) is 6.06. The summed E-state index contributed by atoms with van der Waals surface area (Å²) >= 11 is 0. The Hall–Kier alpha value is -3.84. The zero-order chi connectivity index (χ0) is 21.4. The van der Waals surface area contributed by atoms with Gasteiger partial charge in [0.1, 0.15) is 5.69 Å². The van der Waals surface area contributed by atoms with Gasteiger partial charge in [0.05, 0.1) is 17.2 Å². The zero-order valence-electron chi connectivity index (χ0n) is 17.8. The molecule has 0 saturated carbocycles. The van der Waals surface area contributed by atoms with Gasteiger partial charge in [0.2, 0.25) is 0 Å². The van der Waals surface area contributed by atoms with E-state index in [1.165, 1.54) is 16.7 Å². The van der Waals surface area contributed by atoms with E-state index in [1.54, 1.807) is 0 Å². The highest BCUT2D eigenvalue weighted by atomic mass is 15.3. The fraction of sp³-hybridized carbons (Fsp3) is 0.185. The van der Waals surface area contributed by atoms with E-state index < -0.39 is 0 Å². The van der Waals surface area contributed by atoms with Crippen LogP contribution in [0.15, 0.2) is 61.1 Å². The van der Waals surface area contributed by atoms with Gasteiger partial charge in [-0.1, -0.05) is 25.0 Å². The van der Waals surface area contributed by atoms with E-state index in [0.717, 1.165) is 57.9 Å². The van der Waals surface area contributed by atoms with Crippen molar-refractivity contribution in [3.8, 4) is 23.6 Å². The first-order chi connectivity index (χ1) is 15.2. The summed E-state index contributed by atoms with van der Waals surface area (Å²) in [5.41, 5.74) is 9.01. The van der Waals surface area contributed by atoms with Crippen LogP contribution < -0.4 is 0 Å². The van der Waals surface area contributed by atoms with Gasteiger partial charge in [0.15, 0.2) is 0 Å². The lowest BCUT2D eigenvalue weighted by molar-refractivity contribution is 0.799. The maximum atomic E-state index is 5.54. The van der Waals surface area contributed by atoms with Crippen molar-refractivity contribution in [1.82, 2.24) is 19.7 Å². The molecule has 4 nitrogen and oxygen atoms in total. The SMILES string of the molecule is C#Cc1ccc(-c2nn(C)c3cnc4cc(CC)c(CCc5cc[nH]c5)cc4c23)cc1. The van der Waals surface area contributed by atoms with Gasteiger partial charge in [-0.25, -0.2) is 0 Å². The molecule has 152 valence electrons. The lowest BCUT2D eigenvalue weighted by Gasteiger charge is -2.11. The lowest BCUT2D eigenvalue weighted by Crippen LogP contribution is -1.98. The molecule has 0 fully saturated rings. The molecule has 1 N–H and O–H groups in total. The second kappa shape index (κ2) is 7.77. The zero-order valence-corrected chi connectivity index (χ0v) is 17.8. The average molecular weight is 405 g/mol. The molecular formula is C27H24N4. The number of H-pyrrole nitrogens is 1. The monoisotopic (exact) mass is 404 g/mol. The molecule has 5 aromatic rings. The molecule has 5 rings (SSSR count). The molecule has 2 aromatic carbocycles. The first kappa shape index (κ1) is 19.1. The number of aromatic amines is 1. The second-order valence-corrected chi connectivity index (χ2v) is 7.92. The Labute approximate surface area is 181 Å². The molecule has 0 aliphatic heterocycles. The largest absolute Gasteiger partial charge is 0.367 e. The van der Waals surface area contributed by atoms with E-state index in [9.17, 15) is 0 Å². The number of fused-ring (bicyclic) bond motifs is 3. The molecule has 31 heavy (non-hydrogen) atoms. The number of hydrogen-bond acceptors (Lipinski definition) is 2. The Morgan fingerprint density at radius 1 is 1.06 bits per heavy atom. The normalized spacial score (nSPS) is 11.3. The van der Waals surface area contributed by atoms with Gasteiger partial charge in [0.25, 0.3) is 0 Å². The van der Waals surface area contributed by atoms with Crippen LogP contribution in [0.4, 0.5) is 0 Å². The number of benzene rings is 2. The molecule has 0 atom stereocenters. The van der Waals surface area contributed by atoms with Gasteiger partial charge in [-0.3, -0.25) is 9.67 Å². The summed E-state index contributed by atoms with van der Waals surface area (Å²) in [6.07, 6.45) is 14.5. The predicted octanol–water partition coefficient (Wildman–Crippen LogP) is 5.45. The van der Waals surface area contributed by atoms with E-state index in [4.69, 9.17) is 16.5 Å². The Balaban J connectivity index is 1.70. The van der Waals surface area contributed by atoms with E-state index in [2.05, 4.69) is 54.4 Å². The first-order valence-corrected chi connectivity index (χ1v) is 10.6. The van der Waals surface area contributed by atoms with Crippen LogP contribution in [-0.2, 0) is 26.3 Å². The topological polar surface area (TPSA) is 46.5 Å². The third kappa shape index (κ3) is 3.39. The number of hydrogen-bond donors (Lipinski definition) is 1. The molecular weight excluding hydrogens is 380 g/mol. The molecule has 0 spiro atoms. The molecule has 0 saturated heterocycles. The molecule has 0 amide bonds. The maximum absolute atomic E-state index is 5.54. The number of aromatic nitrogens is 4. The van der Waals surface area contributed by atoms with Crippen LogP contribution in [-0.4, -0.2) is 19.7 Å². The van der Waals surface area contributed by atoms with Crippen molar-refractivity contribution in [3.05, 3.63) is 83.3 Å². The molecule has 4 heteroatoms. The number of rotatable bonds is 5. The van der Waals surface area contributed by atoms with Crippen molar-refractivity contribution in [1.29, 1.82) is 0 Å². The number of nitrogens with one attached hydrogen (secondary N) is 1. The summed E-state index contributed by atoms with van der Waals surface area (Å²) < 4.78 is 1.92. The lowest BCUT2D eigenvalue weighted by atomic mass is 9.95. The maximum Gasteiger partial charge on any atom is 0.101 e. The second-order valence-electron chi connectivity index (χ2n) is 7.92. The predicted molar refractivity (Wildman–Crippen MR) is 127 cm³/mol. The van der Waals surface area contributed by atoms with E-state index in [1.807, 2.05) is 36.3 Å². The Kier molecular flexibility index (Phi) is 4.80. The van der Waals surface area contributed by atoms with Gasteiger partial charge in [-0.2, -0.15) is 5.10 Å². The number of pyridine rings is 1. The molecule has 3 aromatic heterocycles. The van der Waals surface area contributed by atoms with Crippen LogP contribution in [0.5, 0.6) is 0 Å². The van der Waals surface area contributed by atoms with E-state index in [-0.39, 0.29) is 0 Å². The summed E-state index contributed by atoms with van der Waals surface area (Å²) in [6, 6.07) is 14.8. The molecule has 3 heterocycles. The van der Waals surface area contributed by atoms with Gasteiger partial charge in [-0.15, -0.1) is 6.42 Å². The van der Waals surface area contributed by atoms with Crippen LogP contribution in [0.1, 0.15) is 29.2 Å².